The van der Waals surface area contributed by atoms with Crippen LogP contribution in [0.15, 0.2) is 47.7 Å². The molecular formula is C22H30IN5O. The van der Waals surface area contributed by atoms with Crippen molar-refractivity contribution < 1.29 is 4.74 Å². The lowest BCUT2D eigenvalue weighted by Gasteiger charge is -2.12. The van der Waals surface area contributed by atoms with Crippen molar-refractivity contribution in [1.29, 1.82) is 0 Å². The van der Waals surface area contributed by atoms with Gasteiger partial charge in [-0.05, 0) is 50.5 Å². The number of aliphatic imine (C=N–C) groups is 1. The van der Waals surface area contributed by atoms with Gasteiger partial charge < -0.3 is 20.4 Å². The minimum absolute atomic E-state index is 0. The second kappa shape index (κ2) is 11.6. The van der Waals surface area contributed by atoms with E-state index >= 15 is 0 Å². The van der Waals surface area contributed by atoms with Crippen molar-refractivity contribution in [2.24, 2.45) is 4.99 Å². The molecule has 0 unspecified atom stereocenters. The smallest absolute Gasteiger partial charge is 0.218 e. The molecule has 0 bridgehead atoms. The number of fused-ring (bicyclic) bond motifs is 1. The summed E-state index contributed by atoms with van der Waals surface area (Å²) in [6, 6.07) is 10.4. The van der Waals surface area contributed by atoms with Gasteiger partial charge in [-0.15, -0.1) is 24.0 Å². The van der Waals surface area contributed by atoms with Crippen molar-refractivity contribution >= 4 is 40.8 Å². The van der Waals surface area contributed by atoms with Crippen molar-refractivity contribution in [3.8, 4) is 5.88 Å². The number of nitrogens with zero attached hydrogens (tertiary/aromatic N) is 2. The Morgan fingerprint density at radius 1 is 1.17 bits per heavy atom. The molecule has 3 N–H and O–H groups in total. The number of hydrogen-bond donors (Lipinski definition) is 3. The van der Waals surface area contributed by atoms with Gasteiger partial charge in [0.2, 0.25) is 5.88 Å². The van der Waals surface area contributed by atoms with Gasteiger partial charge in [-0.25, -0.2) is 9.98 Å². The highest BCUT2D eigenvalue weighted by Gasteiger charge is 2.06. The summed E-state index contributed by atoms with van der Waals surface area (Å²) in [5.74, 6) is 1.45. The van der Waals surface area contributed by atoms with Gasteiger partial charge in [0, 0.05) is 41.9 Å². The van der Waals surface area contributed by atoms with E-state index in [9.17, 15) is 0 Å². The Hall–Kier alpha value is -2.29. The molecule has 0 atom stereocenters. The molecule has 0 fully saturated rings. The fraction of sp³-hybridized carbons (Fsp3) is 0.364. The van der Waals surface area contributed by atoms with Crippen LogP contribution in [0.3, 0.4) is 0 Å². The van der Waals surface area contributed by atoms with Gasteiger partial charge in [-0.2, -0.15) is 0 Å². The molecule has 0 aliphatic heterocycles. The molecule has 0 aliphatic carbocycles. The average molecular weight is 507 g/mol. The molecule has 156 valence electrons. The molecule has 0 saturated carbocycles. The van der Waals surface area contributed by atoms with Crippen molar-refractivity contribution in [1.82, 2.24) is 20.6 Å². The Kier molecular flexibility index (Phi) is 9.24. The minimum Gasteiger partial charge on any atom is -0.478 e. The number of rotatable bonds is 8. The van der Waals surface area contributed by atoms with Gasteiger partial charge in [-0.1, -0.05) is 18.2 Å². The highest BCUT2D eigenvalue weighted by atomic mass is 127. The number of aromatic nitrogens is 2. The van der Waals surface area contributed by atoms with Crippen LogP contribution < -0.4 is 15.4 Å². The van der Waals surface area contributed by atoms with Crippen LogP contribution in [0, 0.1) is 6.92 Å². The van der Waals surface area contributed by atoms with E-state index in [2.05, 4.69) is 63.8 Å². The molecule has 0 saturated heterocycles. The highest BCUT2D eigenvalue weighted by molar-refractivity contribution is 14.0. The Morgan fingerprint density at radius 2 is 2.03 bits per heavy atom. The van der Waals surface area contributed by atoms with Crippen LogP contribution in [0.1, 0.15) is 30.5 Å². The summed E-state index contributed by atoms with van der Waals surface area (Å²) in [6.45, 7) is 8.86. The fourth-order valence-electron chi connectivity index (χ4n) is 3.14. The van der Waals surface area contributed by atoms with Crippen molar-refractivity contribution in [3.63, 3.8) is 0 Å². The number of aryl methyl sites for hydroxylation is 1. The zero-order valence-corrected chi connectivity index (χ0v) is 19.6. The Morgan fingerprint density at radius 3 is 2.83 bits per heavy atom. The number of H-pyrrole nitrogens is 1. The lowest BCUT2D eigenvalue weighted by Crippen LogP contribution is -2.38. The number of pyridine rings is 1. The minimum atomic E-state index is 0. The number of hydrogen-bond acceptors (Lipinski definition) is 3. The first-order valence-corrected chi connectivity index (χ1v) is 9.86. The summed E-state index contributed by atoms with van der Waals surface area (Å²) >= 11 is 0. The zero-order chi connectivity index (χ0) is 19.8. The zero-order valence-electron chi connectivity index (χ0n) is 17.3. The number of ether oxygens (including phenoxy) is 1. The summed E-state index contributed by atoms with van der Waals surface area (Å²) in [5, 5.41) is 8.00. The summed E-state index contributed by atoms with van der Waals surface area (Å²) in [4.78, 5) is 12.3. The largest absolute Gasteiger partial charge is 0.478 e. The molecule has 0 spiro atoms. The maximum absolute atomic E-state index is 5.58. The monoisotopic (exact) mass is 507 g/mol. The molecule has 3 aromatic rings. The van der Waals surface area contributed by atoms with Crippen LogP contribution in [0.4, 0.5) is 0 Å². The summed E-state index contributed by atoms with van der Waals surface area (Å²) in [5.41, 5.74) is 4.75. The number of halogens is 1. The standard InChI is InChI=1S/C22H29N5O.HI/c1-4-23-22(27-15-18-7-6-11-24-21(18)28-5-2)25-12-10-17-14-26-20-13-16(3)8-9-19(17)20;/h6-9,11,13-14,26H,4-5,10,12,15H2,1-3H3,(H2,23,25,27);1H. The Balaban J connectivity index is 0.00000300. The van der Waals surface area contributed by atoms with Gasteiger partial charge >= 0.3 is 0 Å². The molecule has 0 radical (unpaired) electrons. The third-order valence-electron chi connectivity index (χ3n) is 4.49. The van der Waals surface area contributed by atoms with Crippen LogP contribution in [0.25, 0.3) is 10.9 Å². The Bertz CT molecular complexity index is 938. The molecule has 0 aliphatic rings. The van der Waals surface area contributed by atoms with E-state index in [4.69, 9.17) is 4.74 Å². The van der Waals surface area contributed by atoms with Crippen LogP contribution in [-0.4, -0.2) is 35.6 Å². The average Bonchev–Trinajstić information content (AvgIpc) is 3.09. The van der Waals surface area contributed by atoms with E-state index < -0.39 is 0 Å². The SMILES string of the molecule is CCNC(=NCc1cccnc1OCC)NCCc1c[nH]c2cc(C)ccc12.I. The summed E-state index contributed by atoms with van der Waals surface area (Å²) in [7, 11) is 0. The normalized spacial score (nSPS) is 11.2. The maximum atomic E-state index is 5.58. The molecule has 6 nitrogen and oxygen atoms in total. The maximum Gasteiger partial charge on any atom is 0.218 e. The number of benzene rings is 1. The number of guanidine groups is 1. The molecule has 1 aromatic carbocycles. The predicted molar refractivity (Wildman–Crippen MR) is 130 cm³/mol. The topological polar surface area (TPSA) is 74.3 Å². The fourth-order valence-corrected chi connectivity index (χ4v) is 3.14. The first-order valence-electron chi connectivity index (χ1n) is 9.86. The number of aromatic amines is 1. The predicted octanol–water partition coefficient (Wildman–Crippen LogP) is 4.19. The van der Waals surface area contributed by atoms with Gasteiger partial charge in [0.25, 0.3) is 0 Å². The van der Waals surface area contributed by atoms with Crippen LogP contribution in [-0.2, 0) is 13.0 Å². The molecule has 3 rings (SSSR count). The van der Waals surface area contributed by atoms with Crippen molar-refractivity contribution in [2.75, 3.05) is 19.7 Å². The third-order valence-corrected chi connectivity index (χ3v) is 4.49. The van der Waals surface area contributed by atoms with E-state index in [1.54, 1.807) is 6.20 Å². The molecule has 2 heterocycles. The van der Waals surface area contributed by atoms with Crippen LogP contribution in [0.2, 0.25) is 0 Å². The van der Waals surface area contributed by atoms with E-state index in [0.717, 1.165) is 31.0 Å². The van der Waals surface area contributed by atoms with Gasteiger partial charge in [0.05, 0.1) is 13.2 Å². The summed E-state index contributed by atoms with van der Waals surface area (Å²) < 4.78 is 5.58. The quantitative estimate of drug-likeness (QED) is 0.243. The van der Waals surface area contributed by atoms with E-state index in [0.29, 0.717) is 19.0 Å². The van der Waals surface area contributed by atoms with Crippen molar-refractivity contribution in [2.45, 2.75) is 33.7 Å². The van der Waals surface area contributed by atoms with Gasteiger partial charge in [0.15, 0.2) is 5.96 Å². The Labute approximate surface area is 189 Å². The molecule has 29 heavy (non-hydrogen) atoms. The lowest BCUT2D eigenvalue weighted by molar-refractivity contribution is 0.323. The first-order chi connectivity index (χ1) is 13.7. The highest BCUT2D eigenvalue weighted by Crippen LogP contribution is 2.19. The molecule has 7 heteroatoms. The second-order valence-corrected chi connectivity index (χ2v) is 6.64. The van der Waals surface area contributed by atoms with E-state index in [1.165, 1.54) is 22.0 Å². The second-order valence-electron chi connectivity index (χ2n) is 6.64. The third kappa shape index (κ3) is 6.35. The lowest BCUT2D eigenvalue weighted by atomic mass is 10.1. The first kappa shape index (κ1) is 23.0. The van der Waals surface area contributed by atoms with Crippen molar-refractivity contribution in [3.05, 3.63) is 59.4 Å². The van der Waals surface area contributed by atoms with Crippen LogP contribution in [0.5, 0.6) is 5.88 Å². The molecule has 0 amide bonds. The van der Waals surface area contributed by atoms with Gasteiger partial charge in [-0.3, -0.25) is 0 Å². The summed E-state index contributed by atoms with van der Waals surface area (Å²) in [6.07, 6.45) is 4.76. The van der Waals surface area contributed by atoms with Gasteiger partial charge in [0.1, 0.15) is 0 Å². The number of nitrogens with one attached hydrogen (secondary N) is 3. The van der Waals surface area contributed by atoms with E-state index in [-0.39, 0.29) is 24.0 Å². The molecular weight excluding hydrogens is 477 g/mol. The van der Waals surface area contributed by atoms with E-state index in [1.807, 2.05) is 19.1 Å². The van der Waals surface area contributed by atoms with Crippen LogP contribution >= 0.6 is 24.0 Å². The molecule has 2 aromatic heterocycles.